The number of hydrogen-bond acceptors (Lipinski definition) is 6. The molecular weight excluding hydrogens is 288 g/mol. The molecule has 0 aliphatic carbocycles. The van der Waals surface area contributed by atoms with Gasteiger partial charge in [0, 0.05) is 24.7 Å². The molecule has 0 spiro atoms. The molecule has 0 aliphatic rings. The van der Waals surface area contributed by atoms with Crippen molar-refractivity contribution < 1.29 is 14.8 Å². The zero-order chi connectivity index (χ0) is 15.3. The quantitative estimate of drug-likeness (QED) is 0.409. The second-order valence-corrected chi connectivity index (χ2v) is 4.27. The number of nitro groups is 1. The number of amides is 1. The molecule has 0 bridgehead atoms. The van der Waals surface area contributed by atoms with E-state index in [2.05, 4.69) is 5.43 Å². The molecule has 1 aromatic carbocycles. The van der Waals surface area contributed by atoms with Crippen molar-refractivity contribution in [3.05, 3.63) is 32.8 Å². The Labute approximate surface area is 120 Å². The molecule has 0 fully saturated rings. The molecule has 0 saturated carbocycles. The van der Waals surface area contributed by atoms with Gasteiger partial charge in [-0.3, -0.25) is 20.8 Å². The average molecular weight is 303 g/mol. The van der Waals surface area contributed by atoms with Crippen molar-refractivity contribution in [2.24, 2.45) is 5.84 Å². The van der Waals surface area contributed by atoms with Crippen LogP contribution in [0.25, 0.3) is 0 Å². The summed E-state index contributed by atoms with van der Waals surface area (Å²) in [6.45, 7) is 2.04. The average Bonchev–Trinajstić information content (AvgIpc) is 2.42. The summed E-state index contributed by atoms with van der Waals surface area (Å²) in [7, 11) is 0. The van der Waals surface area contributed by atoms with E-state index in [9.17, 15) is 14.9 Å². The number of aliphatic hydroxyl groups excluding tert-OH is 1. The van der Waals surface area contributed by atoms with E-state index < -0.39 is 10.8 Å². The van der Waals surface area contributed by atoms with Crippen molar-refractivity contribution in [3.8, 4) is 0 Å². The molecular formula is C11H15ClN4O4. The molecule has 1 rings (SSSR count). The van der Waals surface area contributed by atoms with Crippen LogP contribution in [0.4, 0.5) is 11.4 Å². The number of anilines is 1. The minimum atomic E-state index is -0.680. The number of nitrogens with one attached hydrogen (secondary N) is 1. The molecule has 4 N–H and O–H groups in total. The summed E-state index contributed by atoms with van der Waals surface area (Å²) in [6.07, 6.45) is 0. The number of aliphatic hydroxyl groups is 1. The largest absolute Gasteiger partial charge is 0.395 e. The lowest BCUT2D eigenvalue weighted by Crippen LogP contribution is -2.33. The highest BCUT2D eigenvalue weighted by Gasteiger charge is 2.23. The monoisotopic (exact) mass is 302 g/mol. The first-order valence-electron chi connectivity index (χ1n) is 5.80. The van der Waals surface area contributed by atoms with Gasteiger partial charge in [0.25, 0.3) is 11.6 Å². The second kappa shape index (κ2) is 7.04. The Morgan fingerprint density at radius 2 is 2.25 bits per heavy atom. The summed E-state index contributed by atoms with van der Waals surface area (Å²) in [5.74, 6) is 4.73. The highest BCUT2D eigenvalue weighted by atomic mass is 35.5. The maximum Gasteiger partial charge on any atom is 0.295 e. The van der Waals surface area contributed by atoms with Crippen molar-refractivity contribution in [2.75, 3.05) is 25.1 Å². The molecule has 0 heterocycles. The third kappa shape index (κ3) is 3.35. The maximum atomic E-state index is 12.2. The Hall–Kier alpha value is -1.90. The SMILES string of the molecule is CCN(CCO)C(=O)c1cc(Cl)c(NN)c([N+](=O)[O-])c1. The molecule has 1 aromatic rings. The van der Waals surface area contributed by atoms with Crippen LogP contribution in [-0.4, -0.2) is 40.5 Å². The summed E-state index contributed by atoms with van der Waals surface area (Å²) in [5.41, 5.74) is 1.76. The van der Waals surface area contributed by atoms with Gasteiger partial charge >= 0.3 is 0 Å². The molecule has 0 atom stereocenters. The van der Waals surface area contributed by atoms with Gasteiger partial charge in [0.15, 0.2) is 0 Å². The normalized spacial score (nSPS) is 10.2. The number of hydrazine groups is 1. The molecule has 20 heavy (non-hydrogen) atoms. The highest BCUT2D eigenvalue weighted by Crippen LogP contribution is 2.33. The highest BCUT2D eigenvalue weighted by molar-refractivity contribution is 6.34. The van der Waals surface area contributed by atoms with E-state index in [0.29, 0.717) is 6.54 Å². The Bertz CT molecular complexity index is 523. The first kappa shape index (κ1) is 16.2. The zero-order valence-corrected chi connectivity index (χ0v) is 11.6. The van der Waals surface area contributed by atoms with Crippen molar-refractivity contribution in [1.82, 2.24) is 4.90 Å². The summed E-state index contributed by atoms with van der Waals surface area (Å²) in [4.78, 5) is 23.8. The Morgan fingerprint density at radius 1 is 1.60 bits per heavy atom. The molecule has 8 nitrogen and oxygen atoms in total. The number of nitrogens with zero attached hydrogens (tertiary/aromatic N) is 2. The van der Waals surface area contributed by atoms with E-state index in [1.54, 1.807) is 6.92 Å². The lowest BCUT2D eigenvalue weighted by atomic mass is 10.1. The van der Waals surface area contributed by atoms with E-state index in [-0.39, 0.29) is 35.1 Å². The lowest BCUT2D eigenvalue weighted by Gasteiger charge is -2.20. The van der Waals surface area contributed by atoms with Crippen molar-refractivity contribution in [3.63, 3.8) is 0 Å². The van der Waals surface area contributed by atoms with Gasteiger partial charge in [-0.2, -0.15) is 0 Å². The van der Waals surface area contributed by atoms with E-state index in [0.717, 1.165) is 6.07 Å². The zero-order valence-electron chi connectivity index (χ0n) is 10.8. The van der Waals surface area contributed by atoms with Crippen molar-refractivity contribution in [1.29, 1.82) is 0 Å². The van der Waals surface area contributed by atoms with E-state index in [4.69, 9.17) is 22.6 Å². The molecule has 0 saturated heterocycles. The number of carbonyl (C=O) groups is 1. The number of halogens is 1. The molecule has 0 unspecified atom stereocenters. The van der Waals surface area contributed by atoms with E-state index >= 15 is 0 Å². The van der Waals surface area contributed by atoms with Gasteiger partial charge in [-0.1, -0.05) is 11.6 Å². The van der Waals surface area contributed by atoms with Gasteiger partial charge in [-0.25, -0.2) is 0 Å². The van der Waals surface area contributed by atoms with E-state index in [1.165, 1.54) is 11.0 Å². The number of nitrogen functional groups attached to an aromatic ring is 1. The van der Waals surface area contributed by atoms with Crippen molar-refractivity contribution >= 4 is 28.9 Å². The van der Waals surface area contributed by atoms with Crippen LogP contribution >= 0.6 is 11.6 Å². The third-order valence-corrected chi connectivity index (χ3v) is 2.99. The Balaban J connectivity index is 3.26. The van der Waals surface area contributed by atoms with Crippen LogP contribution < -0.4 is 11.3 Å². The maximum absolute atomic E-state index is 12.2. The standard InChI is InChI=1S/C11H15ClN4O4/c1-2-15(3-4-17)11(18)7-5-8(12)10(14-13)9(6-7)16(19)20/h5-6,14,17H,2-4,13H2,1H3. The van der Waals surface area contributed by atoms with Gasteiger partial charge in [0.05, 0.1) is 16.6 Å². The predicted octanol–water partition coefficient (Wildman–Crippen LogP) is 0.988. The van der Waals surface area contributed by atoms with Gasteiger partial charge < -0.3 is 15.4 Å². The number of hydrogen-bond donors (Lipinski definition) is 3. The number of nitrogens with two attached hydrogens (primary N) is 1. The van der Waals surface area contributed by atoms with Crippen LogP contribution in [0, 0.1) is 10.1 Å². The van der Waals surface area contributed by atoms with Crippen LogP contribution in [0.5, 0.6) is 0 Å². The molecule has 0 aromatic heterocycles. The van der Waals surface area contributed by atoms with Gasteiger partial charge in [0.1, 0.15) is 5.69 Å². The van der Waals surface area contributed by atoms with Crippen molar-refractivity contribution in [2.45, 2.75) is 6.92 Å². The molecule has 1 amide bonds. The number of nitro benzene ring substituents is 1. The third-order valence-electron chi connectivity index (χ3n) is 2.70. The first-order valence-corrected chi connectivity index (χ1v) is 6.18. The lowest BCUT2D eigenvalue weighted by molar-refractivity contribution is -0.384. The molecule has 9 heteroatoms. The fourth-order valence-electron chi connectivity index (χ4n) is 1.71. The summed E-state index contributed by atoms with van der Waals surface area (Å²) in [6, 6.07) is 2.40. The fourth-order valence-corrected chi connectivity index (χ4v) is 1.98. The van der Waals surface area contributed by atoms with Gasteiger partial charge in [-0.05, 0) is 13.0 Å². The number of carbonyl (C=O) groups excluding carboxylic acids is 1. The smallest absolute Gasteiger partial charge is 0.295 e. The number of benzene rings is 1. The van der Waals surface area contributed by atoms with Crippen LogP contribution in [0.2, 0.25) is 5.02 Å². The Kier molecular flexibility index (Phi) is 5.68. The van der Waals surface area contributed by atoms with Gasteiger partial charge in [-0.15, -0.1) is 0 Å². The summed E-state index contributed by atoms with van der Waals surface area (Å²) < 4.78 is 0. The minimum absolute atomic E-state index is 0.0231. The number of likely N-dealkylation sites (N-methyl/N-ethyl adjacent to an activating group) is 1. The van der Waals surface area contributed by atoms with E-state index in [1.807, 2.05) is 0 Å². The topological polar surface area (TPSA) is 122 Å². The minimum Gasteiger partial charge on any atom is -0.395 e. The van der Waals surface area contributed by atoms with Gasteiger partial charge in [0.2, 0.25) is 0 Å². The van der Waals surface area contributed by atoms with Crippen LogP contribution in [0.1, 0.15) is 17.3 Å². The number of rotatable bonds is 6. The van der Waals surface area contributed by atoms with Crippen LogP contribution in [0.15, 0.2) is 12.1 Å². The Morgan fingerprint density at radius 3 is 2.70 bits per heavy atom. The molecule has 0 radical (unpaired) electrons. The predicted molar refractivity (Wildman–Crippen MR) is 74.6 cm³/mol. The summed E-state index contributed by atoms with van der Waals surface area (Å²) in [5, 5.41) is 19.8. The summed E-state index contributed by atoms with van der Waals surface area (Å²) >= 11 is 5.88. The van der Waals surface area contributed by atoms with Crippen LogP contribution in [0.3, 0.4) is 0 Å². The molecule has 0 aliphatic heterocycles. The van der Waals surface area contributed by atoms with Crippen LogP contribution in [-0.2, 0) is 0 Å². The fraction of sp³-hybridized carbons (Fsp3) is 0.364. The second-order valence-electron chi connectivity index (χ2n) is 3.86. The molecule has 110 valence electrons. The first-order chi connectivity index (χ1) is 9.46.